The summed E-state index contributed by atoms with van der Waals surface area (Å²) in [7, 11) is 0. The second-order valence-corrected chi connectivity index (χ2v) is 4.67. The molecule has 0 saturated carbocycles. The van der Waals surface area contributed by atoms with Crippen molar-refractivity contribution in [3.05, 3.63) is 0 Å². The number of nitrogens with two attached hydrogens (primary N) is 2. The summed E-state index contributed by atoms with van der Waals surface area (Å²) in [6.07, 6.45) is 0. The van der Waals surface area contributed by atoms with Crippen molar-refractivity contribution in [2.45, 2.75) is 51.9 Å². The Morgan fingerprint density at radius 2 is 1.62 bits per heavy atom. The SMILES string of the molecule is CC(NC(C)(C)N)C(=O)C(C)(C)N. The molecule has 0 heterocycles. The highest BCUT2D eigenvalue weighted by atomic mass is 16.1. The molecule has 1 atom stereocenters. The molecule has 4 heteroatoms. The van der Waals surface area contributed by atoms with E-state index in [1.165, 1.54) is 0 Å². The average Bonchev–Trinajstić information content (AvgIpc) is 1.79. The number of hydrogen-bond acceptors (Lipinski definition) is 4. The summed E-state index contributed by atoms with van der Waals surface area (Å²) in [5.41, 5.74) is 10.0. The van der Waals surface area contributed by atoms with Gasteiger partial charge in [0.25, 0.3) is 0 Å². The Morgan fingerprint density at radius 1 is 1.23 bits per heavy atom. The number of nitrogens with one attached hydrogen (secondary N) is 1. The highest BCUT2D eigenvalue weighted by molar-refractivity contribution is 5.91. The standard InChI is InChI=1S/C9H21N3O/c1-6(12-9(4,5)11)7(13)8(2,3)10/h6,12H,10-11H2,1-5H3. The summed E-state index contributed by atoms with van der Waals surface area (Å²) in [6.45, 7) is 8.76. The fraction of sp³-hybridized carbons (Fsp3) is 0.889. The Balaban J connectivity index is 4.30. The predicted octanol–water partition coefficient (Wildman–Crippen LogP) is -0.0343. The third kappa shape index (κ3) is 4.98. The highest BCUT2D eigenvalue weighted by Crippen LogP contribution is 2.04. The number of carbonyl (C=O) groups is 1. The summed E-state index contributed by atoms with van der Waals surface area (Å²) >= 11 is 0. The number of ketones is 1. The molecule has 0 bridgehead atoms. The van der Waals surface area contributed by atoms with Gasteiger partial charge in [0.1, 0.15) is 0 Å². The largest absolute Gasteiger partial charge is 0.319 e. The maximum absolute atomic E-state index is 11.6. The molecule has 0 aromatic heterocycles. The molecule has 13 heavy (non-hydrogen) atoms. The summed E-state index contributed by atoms with van der Waals surface area (Å²) < 4.78 is 0. The van der Waals surface area contributed by atoms with Gasteiger partial charge in [0.15, 0.2) is 5.78 Å². The number of Topliss-reactive ketones (excluding diaryl/α,β-unsaturated/α-hetero) is 1. The molecule has 5 N–H and O–H groups in total. The smallest absolute Gasteiger partial charge is 0.168 e. The molecule has 0 radical (unpaired) electrons. The van der Waals surface area contributed by atoms with Crippen molar-refractivity contribution in [1.82, 2.24) is 5.32 Å². The van der Waals surface area contributed by atoms with Crippen molar-refractivity contribution >= 4 is 5.78 Å². The van der Waals surface area contributed by atoms with Gasteiger partial charge in [-0.15, -0.1) is 0 Å². The van der Waals surface area contributed by atoms with E-state index in [4.69, 9.17) is 11.5 Å². The van der Waals surface area contributed by atoms with Crippen LogP contribution in [0.2, 0.25) is 0 Å². The Kier molecular flexibility index (Phi) is 3.61. The fourth-order valence-electron chi connectivity index (χ4n) is 1.18. The van der Waals surface area contributed by atoms with Gasteiger partial charge in [0.05, 0.1) is 17.2 Å². The zero-order valence-corrected chi connectivity index (χ0v) is 9.14. The molecule has 0 aliphatic heterocycles. The van der Waals surface area contributed by atoms with E-state index in [9.17, 15) is 4.79 Å². The molecule has 0 rings (SSSR count). The lowest BCUT2D eigenvalue weighted by atomic mass is 9.95. The van der Waals surface area contributed by atoms with Crippen molar-refractivity contribution in [2.75, 3.05) is 0 Å². The zero-order chi connectivity index (χ0) is 10.9. The minimum Gasteiger partial charge on any atom is -0.319 e. The average molecular weight is 187 g/mol. The monoisotopic (exact) mass is 187 g/mol. The van der Waals surface area contributed by atoms with Crippen LogP contribution >= 0.6 is 0 Å². The Bertz CT molecular complexity index is 188. The quantitative estimate of drug-likeness (QED) is 0.540. The molecule has 0 spiro atoms. The molecular formula is C9H21N3O. The van der Waals surface area contributed by atoms with E-state index in [2.05, 4.69) is 5.32 Å². The second kappa shape index (κ2) is 3.74. The molecular weight excluding hydrogens is 166 g/mol. The first-order valence-electron chi connectivity index (χ1n) is 4.44. The van der Waals surface area contributed by atoms with E-state index >= 15 is 0 Å². The van der Waals surface area contributed by atoms with Gasteiger partial charge >= 0.3 is 0 Å². The second-order valence-electron chi connectivity index (χ2n) is 4.67. The molecule has 0 aliphatic rings. The van der Waals surface area contributed by atoms with Gasteiger partial charge in [-0.2, -0.15) is 0 Å². The molecule has 0 amide bonds. The van der Waals surface area contributed by atoms with Gasteiger partial charge < -0.3 is 11.5 Å². The maximum Gasteiger partial charge on any atom is 0.168 e. The van der Waals surface area contributed by atoms with Crippen LogP contribution < -0.4 is 16.8 Å². The predicted molar refractivity (Wildman–Crippen MR) is 54.1 cm³/mol. The van der Waals surface area contributed by atoms with Gasteiger partial charge in [0.2, 0.25) is 0 Å². The van der Waals surface area contributed by atoms with Crippen molar-refractivity contribution < 1.29 is 4.79 Å². The van der Waals surface area contributed by atoms with Crippen LogP contribution in [0.15, 0.2) is 0 Å². The number of carbonyl (C=O) groups excluding carboxylic acids is 1. The maximum atomic E-state index is 11.6. The first kappa shape index (κ1) is 12.6. The Morgan fingerprint density at radius 3 is 1.85 bits per heavy atom. The van der Waals surface area contributed by atoms with Crippen molar-refractivity contribution in [1.29, 1.82) is 0 Å². The number of hydrogen-bond donors (Lipinski definition) is 3. The van der Waals surface area contributed by atoms with E-state index in [1.807, 2.05) is 0 Å². The normalized spacial score (nSPS) is 15.6. The summed E-state index contributed by atoms with van der Waals surface area (Å²) in [6, 6.07) is -0.319. The third-order valence-electron chi connectivity index (χ3n) is 1.62. The lowest BCUT2D eigenvalue weighted by Crippen LogP contribution is -2.59. The van der Waals surface area contributed by atoms with Gasteiger partial charge in [-0.05, 0) is 34.6 Å². The summed E-state index contributed by atoms with van der Waals surface area (Å²) in [4.78, 5) is 11.6. The first-order valence-corrected chi connectivity index (χ1v) is 4.44. The fourth-order valence-corrected chi connectivity index (χ4v) is 1.18. The minimum absolute atomic E-state index is 0.0361. The summed E-state index contributed by atoms with van der Waals surface area (Å²) in [5, 5.41) is 2.97. The first-order chi connectivity index (χ1) is 5.54. The topological polar surface area (TPSA) is 81.1 Å². The van der Waals surface area contributed by atoms with Crippen LogP contribution in [0.3, 0.4) is 0 Å². The van der Waals surface area contributed by atoms with Gasteiger partial charge in [-0.1, -0.05) is 0 Å². The minimum atomic E-state index is -0.808. The van der Waals surface area contributed by atoms with Crippen LogP contribution in [-0.4, -0.2) is 23.0 Å². The zero-order valence-electron chi connectivity index (χ0n) is 9.14. The van der Waals surface area contributed by atoms with Crippen LogP contribution in [0.25, 0.3) is 0 Å². The van der Waals surface area contributed by atoms with Crippen LogP contribution in [0.4, 0.5) is 0 Å². The van der Waals surface area contributed by atoms with Crippen LogP contribution in [0.1, 0.15) is 34.6 Å². The Labute approximate surface area is 80.0 Å². The molecule has 0 aromatic carbocycles. The molecule has 1 unspecified atom stereocenters. The van der Waals surface area contributed by atoms with E-state index < -0.39 is 11.2 Å². The number of rotatable bonds is 4. The van der Waals surface area contributed by atoms with E-state index in [1.54, 1.807) is 34.6 Å². The lowest BCUT2D eigenvalue weighted by Gasteiger charge is -2.29. The van der Waals surface area contributed by atoms with Crippen LogP contribution in [0, 0.1) is 0 Å². The van der Waals surface area contributed by atoms with Crippen molar-refractivity contribution in [3.63, 3.8) is 0 Å². The summed E-state index contributed by atoms with van der Waals surface area (Å²) in [5.74, 6) is -0.0361. The van der Waals surface area contributed by atoms with Crippen molar-refractivity contribution in [3.8, 4) is 0 Å². The van der Waals surface area contributed by atoms with Crippen LogP contribution in [0.5, 0.6) is 0 Å². The Hall–Kier alpha value is -0.450. The molecule has 0 saturated heterocycles. The molecule has 0 aromatic rings. The molecule has 4 nitrogen and oxygen atoms in total. The van der Waals surface area contributed by atoms with Gasteiger partial charge in [-0.3, -0.25) is 10.1 Å². The van der Waals surface area contributed by atoms with Crippen LogP contribution in [-0.2, 0) is 4.79 Å². The molecule has 78 valence electrons. The van der Waals surface area contributed by atoms with E-state index in [0.29, 0.717) is 0 Å². The van der Waals surface area contributed by atoms with Crippen molar-refractivity contribution in [2.24, 2.45) is 11.5 Å². The molecule has 0 aliphatic carbocycles. The third-order valence-corrected chi connectivity index (χ3v) is 1.62. The van der Waals surface area contributed by atoms with Gasteiger partial charge in [-0.25, -0.2) is 0 Å². The molecule has 0 fully saturated rings. The van der Waals surface area contributed by atoms with E-state index in [0.717, 1.165) is 0 Å². The van der Waals surface area contributed by atoms with Gasteiger partial charge in [0, 0.05) is 0 Å². The van der Waals surface area contributed by atoms with E-state index in [-0.39, 0.29) is 11.8 Å². The lowest BCUT2D eigenvalue weighted by molar-refractivity contribution is -0.125. The highest BCUT2D eigenvalue weighted by Gasteiger charge is 2.29.